The van der Waals surface area contributed by atoms with E-state index in [4.69, 9.17) is 26.8 Å². The number of aromatic nitrogens is 2. The summed E-state index contributed by atoms with van der Waals surface area (Å²) in [6.07, 6.45) is 0. The predicted octanol–water partition coefficient (Wildman–Crippen LogP) is 2.72. The van der Waals surface area contributed by atoms with Crippen molar-refractivity contribution in [2.45, 2.75) is 6.92 Å². The molecule has 1 aromatic heterocycles. The summed E-state index contributed by atoms with van der Waals surface area (Å²) in [5.41, 5.74) is 8.02. The first-order valence-electron chi connectivity index (χ1n) is 5.95. The Morgan fingerprint density at radius 3 is 2.40 bits per heavy atom. The van der Waals surface area contributed by atoms with Crippen LogP contribution in [0.1, 0.15) is 5.69 Å². The molecule has 0 aliphatic heterocycles. The van der Waals surface area contributed by atoms with Crippen molar-refractivity contribution >= 4 is 28.8 Å². The van der Waals surface area contributed by atoms with Crippen LogP contribution in [0.15, 0.2) is 12.1 Å². The van der Waals surface area contributed by atoms with Crippen LogP contribution in [0, 0.1) is 6.92 Å². The highest BCUT2D eigenvalue weighted by molar-refractivity contribution is 6.32. The van der Waals surface area contributed by atoms with Gasteiger partial charge in [-0.15, -0.1) is 0 Å². The molecule has 0 saturated heterocycles. The van der Waals surface area contributed by atoms with Crippen LogP contribution in [0.3, 0.4) is 0 Å². The van der Waals surface area contributed by atoms with Gasteiger partial charge in [-0.25, -0.2) is 0 Å². The Kier molecular flexibility index (Phi) is 3.94. The lowest BCUT2D eigenvalue weighted by Crippen LogP contribution is -2.03. The van der Waals surface area contributed by atoms with Crippen LogP contribution in [-0.4, -0.2) is 24.0 Å². The number of anilines is 3. The third-order valence-corrected chi connectivity index (χ3v) is 3.29. The molecule has 0 fully saturated rings. The molecule has 108 valence electrons. The van der Waals surface area contributed by atoms with Gasteiger partial charge in [0.1, 0.15) is 11.5 Å². The molecular weight excluding hydrogens is 280 g/mol. The number of nitrogen functional groups attached to an aromatic ring is 1. The number of halogens is 1. The summed E-state index contributed by atoms with van der Waals surface area (Å²) in [6.45, 7) is 1.85. The number of aryl methyl sites for hydroxylation is 2. The number of methoxy groups -OCH3 is 2. The van der Waals surface area contributed by atoms with Gasteiger partial charge in [0.15, 0.2) is 5.82 Å². The van der Waals surface area contributed by atoms with Crippen molar-refractivity contribution < 1.29 is 9.47 Å². The zero-order valence-corrected chi connectivity index (χ0v) is 12.6. The predicted molar refractivity (Wildman–Crippen MR) is 80.2 cm³/mol. The van der Waals surface area contributed by atoms with E-state index in [1.807, 2.05) is 14.0 Å². The van der Waals surface area contributed by atoms with Gasteiger partial charge in [-0.3, -0.25) is 4.68 Å². The fourth-order valence-corrected chi connectivity index (χ4v) is 2.15. The maximum Gasteiger partial charge on any atom is 0.152 e. The van der Waals surface area contributed by atoms with Gasteiger partial charge in [0.2, 0.25) is 0 Å². The average Bonchev–Trinajstić information content (AvgIpc) is 2.66. The van der Waals surface area contributed by atoms with Gasteiger partial charge in [0.25, 0.3) is 0 Å². The number of nitrogens with one attached hydrogen (secondary N) is 1. The minimum Gasteiger partial charge on any atom is -0.495 e. The largest absolute Gasteiger partial charge is 0.495 e. The molecule has 3 N–H and O–H groups in total. The van der Waals surface area contributed by atoms with Crippen molar-refractivity contribution in [2.75, 3.05) is 25.3 Å². The number of hydrogen-bond donors (Lipinski definition) is 2. The van der Waals surface area contributed by atoms with Crippen molar-refractivity contribution in [1.82, 2.24) is 9.78 Å². The molecule has 0 unspecified atom stereocenters. The number of hydrogen-bond acceptors (Lipinski definition) is 5. The molecule has 6 nitrogen and oxygen atoms in total. The number of ether oxygens (including phenoxy) is 2. The summed E-state index contributed by atoms with van der Waals surface area (Å²) >= 11 is 6.14. The fourth-order valence-electron chi connectivity index (χ4n) is 1.91. The summed E-state index contributed by atoms with van der Waals surface area (Å²) in [5.74, 6) is 1.83. The van der Waals surface area contributed by atoms with Crippen molar-refractivity contribution in [2.24, 2.45) is 7.05 Å². The van der Waals surface area contributed by atoms with Gasteiger partial charge in [-0.1, -0.05) is 11.6 Å². The highest BCUT2D eigenvalue weighted by Gasteiger charge is 2.15. The molecule has 1 aromatic carbocycles. The summed E-state index contributed by atoms with van der Waals surface area (Å²) in [5, 5.41) is 7.91. The first-order chi connectivity index (χ1) is 9.47. The first-order valence-corrected chi connectivity index (χ1v) is 6.33. The molecule has 0 saturated carbocycles. The normalized spacial score (nSPS) is 10.4. The highest BCUT2D eigenvalue weighted by Crippen LogP contribution is 2.38. The number of benzene rings is 1. The number of rotatable bonds is 4. The third kappa shape index (κ3) is 2.46. The summed E-state index contributed by atoms with van der Waals surface area (Å²) < 4.78 is 12.2. The number of nitrogens with zero attached hydrogens (tertiary/aromatic N) is 2. The molecule has 20 heavy (non-hydrogen) atoms. The lowest BCUT2D eigenvalue weighted by Gasteiger charge is -2.14. The monoisotopic (exact) mass is 296 g/mol. The van der Waals surface area contributed by atoms with Crippen LogP contribution in [0.2, 0.25) is 5.02 Å². The van der Waals surface area contributed by atoms with E-state index in [9.17, 15) is 0 Å². The topological polar surface area (TPSA) is 74.3 Å². The summed E-state index contributed by atoms with van der Waals surface area (Å²) in [4.78, 5) is 0. The second-order valence-electron chi connectivity index (χ2n) is 4.28. The molecule has 2 rings (SSSR count). The third-order valence-electron chi connectivity index (χ3n) is 3.00. The molecular formula is C13H17ClN4O2. The Balaban J connectivity index is 2.45. The van der Waals surface area contributed by atoms with Gasteiger partial charge in [0, 0.05) is 13.1 Å². The van der Waals surface area contributed by atoms with Gasteiger partial charge in [0.05, 0.1) is 36.3 Å². The quantitative estimate of drug-likeness (QED) is 0.907. The van der Waals surface area contributed by atoms with Crippen LogP contribution in [-0.2, 0) is 7.05 Å². The smallest absolute Gasteiger partial charge is 0.152 e. The number of nitrogens with two attached hydrogens (primary N) is 1. The zero-order valence-electron chi connectivity index (χ0n) is 11.8. The maximum absolute atomic E-state index is 6.14. The van der Waals surface area contributed by atoms with Crippen LogP contribution in [0.25, 0.3) is 0 Å². The fraction of sp³-hybridized carbons (Fsp3) is 0.308. The summed E-state index contributed by atoms with van der Waals surface area (Å²) in [6, 6.07) is 3.44. The Labute approximate surface area is 122 Å². The van der Waals surface area contributed by atoms with E-state index >= 15 is 0 Å². The molecule has 7 heteroatoms. The van der Waals surface area contributed by atoms with Crippen molar-refractivity contribution in [1.29, 1.82) is 0 Å². The molecule has 0 amide bonds. The van der Waals surface area contributed by atoms with Gasteiger partial charge in [-0.05, 0) is 13.0 Å². The lowest BCUT2D eigenvalue weighted by atomic mass is 10.2. The molecule has 2 aromatic rings. The van der Waals surface area contributed by atoms with E-state index < -0.39 is 0 Å². The van der Waals surface area contributed by atoms with Crippen molar-refractivity contribution in [3.8, 4) is 11.5 Å². The zero-order chi connectivity index (χ0) is 14.9. The summed E-state index contributed by atoms with van der Waals surface area (Å²) in [7, 11) is 4.94. The van der Waals surface area contributed by atoms with E-state index in [1.165, 1.54) is 0 Å². The van der Waals surface area contributed by atoms with E-state index in [-0.39, 0.29) is 0 Å². The van der Waals surface area contributed by atoms with Gasteiger partial charge >= 0.3 is 0 Å². The van der Waals surface area contributed by atoms with Crippen LogP contribution in [0.5, 0.6) is 11.5 Å². The van der Waals surface area contributed by atoms with Gasteiger partial charge in [-0.2, -0.15) is 5.10 Å². The van der Waals surface area contributed by atoms with Crippen molar-refractivity contribution in [3.63, 3.8) is 0 Å². The second kappa shape index (κ2) is 5.50. The second-order valence-corrected chi connectivity index (χ2v) is 4.69. The van der Waals surface area contributed by atoms with Crippen molar-refractivity contribution in [3.05, 3.63) is 22.8 Å². The molecule has 0 atom stereocenters. The van der Waals surface area contributed by atoms with E-state index in [2.05, 4.69) is 10.4 Å². The van der Waals surface area contributed by atoms with E-state index in [1.54, 1.807) is 31.0 Å². The molecule has 0 spiro atoms. The standard InChI is InChI=1S/C13H17ClN4O2/c1-7-12(15)13(18(2)17-7)16-9-5-8(14)10(19-3)6-11(9)20-4/h5-6,16H,15H2,1-4H3. The maximum atomic E-state index is 6.14. The molecule has 0 bridgehead atoms. The SMILES string of the molecule is COc1cc(OC)c(Nc2c(N)c(C)nn2C)cc1Cl. The first kappa shape index (κ1) is 14.3. The Morgan fingerprint density at radius 1 is 1.25 bits per heavy atom. The highest BCUT2D eigenvalue weighted by atomic mass is 35.5. The van der Waals surface area contributed by atoms with Crippen LogP contribution >= 0.6 is 11.6 Å². The molecule has 1 heterocycles. The molecule has 0 aliphatic rings. The lowest BCUT2D eigenvalue weighted by molar-refractivity contribution is 0.396. The average molecular weight is 297 g/mol. The van der Waals surface area contributed by atoms with Crippen LogP contribution in [0.4, 0.5) is 17.2 Å². The molecule has 0 radical (unpaired) electrons. The van der Waals surface area contributed by atoms with Crippen LogP contribution < -0.4 is 20.5 Å². The minimum atomic E-state index is 0.480. The minimum absolute atomic E-state index is 0.480. The Bertz CT molecular complexity index is 640. The van der Waals surface area contributed by atoms with Gasteiger partial charge < -0.3 is 20.5 Å². The van der Waals surface area contributed by atoms with E-state index in [0.717, 1.165) is 5.69 Å². The Hall–Kier alpha value is -2.08. The molecule has 0 aliphatic carbocycles. The Morgan fingerprint density at radius 2 is 1.90 bits per heavy atom. The van der Waals surface area contributed by atoms with E-state index in [0.29, 0.717) is 33.7 Å².